The molecular weight excluding hydrogens is 246 g/mol. The summed E-state index contributed by atoms with van der Waals surface area (Å²) in [5.74, 6) is 0.193. The summed E-state index contributed by atoms with van der Waals surface area (Å²) in [5.41, 5.74) is -0.767. The Morgan fingerprint density at radius 1 is 1.39 bits per heavy atom. The van der Waals surface area contributed by atoms with E-state index >= 15 is 0 Å². The summed E-state index contributed by atoms with van der Waals surface area (Å²) < 4.78 is 0. The van der Waals surface area contributed by atoms with Gasteiger partial charge in [0.2, 0.25) is 0 Å². The summed E-state index contributed by atoms with van der Waals surface area (Å²) in [6, 6.07) is 10.2. The molecule has 0 fully saturated rings. The van der Waals surface area contributed by atoms with Crippen molar-refractivity contribution in [2.24, 2.45) is 0 Å². The van der Waals surface area contributed by atoms with Crippen LogP contribution in [0.5, 0.6) is 0 Å². The van der Waals surface area contributed by atoms with Gasteiger partial charge in [0.05, 0.1) is 0 Å². The fourth-order valence-corrected chi connectivity index (χ4v) is 2.80. The minimum Gasteiger partial charge on any atom is -0.480 e. The molecule has 0 heterocycles. The molecule has 1 atom stereocenters. The second kappa shape index (κ2) is 7.44. The van der Waals surface area contributed by atoms with E-state index in [0.717, 1.165) is 12.2 Å². The maximum Gasteiger partial charge on any atom is 0.323 e. The molecule has 0 saturated heterocycles. The molecule has 3 nitrogen and oxygen atoms in total. The van der Waals surface area contributed by atoms with Gasteiger partial charge < -0.3 is 10.4 Å². The molecule has 100 valence electrons. The molecule has 0 aliphatic rings. The first-order chi connectivity index (χ1) is 8.64. The normalized spacial score (nSPS) is 14.1. The molecule has 18 heavy (non-hydrogen) atoms. The minimum absolute atomic E-state index is 0.606. The zero-order valence-corrected chi connectivity index (χ0v) is 11.8. The molecule has 1 aromatic rings. The number of nitrogens with one attached hydrogen (secondary N) is 1. The molecule has 1 aromatic carbocycles. The summed E-state index contributed by atoms with van der Waals surface area (Å²) in [5, 5.41) is 12.2. The Balaban J connectivity index is 2.38. The minimum atomic E-state index is -0.767. The zero-order chi connectivity index (χ0) is 13.4. The highest BCUT2D eigenvalue weighted by Crippen LogP contribution is 2.23. The smallest absolute Gasteiger partial charge is 0.323 e. The van der Waals surface area contributed by atoms with Gasteiger partial charge in [-0.2, -0.15) is 0 Å². The van der Waals surface area contributed by atoms with Crippen LogP contribution < -0.4 is 5.32 Å². The molecule has 0 bridgehead atoms. The Hall–Kier alpha value is -1.00. The number of likely N-dealkylation sites (N-methyl/N-ethyl adjacent to an activating group) is 1. The standard InChI is InChI=1S/C14H21NO2S/c1-3-14(15-2,13(16)17)10-7-11-18-12-8-5-4-6-9-12/h4-6,8-9,15H,3,7,10-11H2,1-2H3,(H,16,17). The van der Waals surface area contributed by atoms with Crippen LogP contribution in [0, 0.1) is 0 Å². The molecular formula is C14H21NO2S. The van der Waals surface area contributed by atoms with Crippen LogP contribution in [0.4, 0.5) is 0 Å². The van der Waals surface area contributed by atoms with Gasteiger partial charge in [0.25, 0.3) is 0 Å². The van der Waals surface area contributed by atoms with Crippen molar-refractivity contribution in [3.05, 3.63) is 30.3 Å². The van der Waals surface area contributed by atoms with E-state index in [1.807, 2.05) is 25.1 Å². The molecule has 2 N–H and O–H groups in total. The number of rotatable bonds is 8. The van der Waals surface area contributed by atoms with Crippen LogP contribution in [0.1, 0.15) is 26.2 Å². The Morgan fingerprint density at radius 2 is 2.06 bits per heavy atom. The quantitative estimate of drug-likeness (QED) is 0.561. The monoisotopic (exact) mass is 267 g/mol. The van der Waals surface area contributed by atoms with Gasteiger partial charge in [-0.3, -0.25) is 4.79 Å². The molecule has 1 rings (SSSR count). The molecule has 0 aliphatic carbocycles. The summed E-state index contributed by atoms with van der Waals surface area (Å²) >= 11 is 1.77. The summed E-state index contributed by atoms with van der Waals surface area (Å²) in [6.07, 6.45) is 2.16. The molecule has 0 aliphatic heterocycles. The number of carboxylic acids is 1. The summed E-state index contributed by atoms with van der Waals surface area (Å²) in [7, 11) is 1.72. The lowest BCUT2D eigenvalue weighted by Gasteiger charge is -2.27. The number of benzene rings is 1. The van der Waals surface area contributed by atoms with Crippen LogP contribution in [0.15, 0.2) is 35.2 Å². The number of hydrogen-bond donors (Lipinski definition) is 2. The van der Waals surface area contributed by atoms with E-state index in [0.29, 0.717) is 12.8 Å². The SMILES string of the molecule is CCC(CCCSc1ccccc1)(NC)C(=O)O. The summed E-state index contributed by atoms with van der Waals surface area (Å²) in [6.45, 7) is 1.91. The second-order valence-corrected chi connectivity index (χ2v) is 5.42. The van der Waals surface area contributed by atoms with Crippen LogP contribution in [0.25, 0.3) is 0 Å². The third-order valence-corrected chi connectivity index (χ3v) is 4.35. The topological polar surface area (TPSA) is 49.3 Å². The maximum atomic E-state index is 11.3. The molecule has 4 heteroatoms. The number of carboxylic acid groups (broad SMARTS) is 1. The number of aliphatic carboxylic acids is 1. The van der Waals surface area contributed by atoms with Crippen molar-refractivity contribution in [2.45, 2.75) is 36.6 Å². The predicted octanol–water partition coefficient (Wildman–Crippen LogP) is 3.01. The molecule has 0 aromatic heterocycles. The fourth-order valence-electron chi connectivity index (χ4n) is 1.92. The summed E-state index contributed by atoms with van der Waals surface area (Å²) in [4.78, 5) is 12.5. The molecule has 0 spiro atoms. The van der Waals surface area contributed by atoms with E-state index in [4.69, 9.17) is 0 Å². The van der Waals surface area contributed by atoms with Crippen LogP contribution in [-0.2, 0) is 4.79 Å². The average molecular weight is 267 g/mol. The largest absolute Gasteiger partial charge is 0.480 e. The van der Waals surface area contributed by atoms with Crippen LogP contribution in [-0.4, -0.2) is 29.4 Å². The third kappa shape index (κ3) is 4.03. The van der Waals surface area contributed by atoms with Gasteiger partial charge in [0, 0.05) is 4.90 Å². The van der Waals surface area contributed by atoms with Crippen LogP contribution in [0.2, 0.25) is 0 Å². The van der Waals surface area contributed by atoms with E-state index in [1.54, 1.807) is 18.8 Å². The molecule has 0 saturated carbocycles. The van der Waals surface area contributed by atoms with Crippen molar-refractivity contribution in [3.63, 3.8) is 0 Å². The van der Waals surface area contributed by atoms with E-state index in [1.165, 1.54) is 4.90 Å². The van der Waals surface area contributed by atoms with Gasteiger partial charge in [0.1, 0.15) is 5.54 Å². The van der Waals surface area contributed by atoms with Gasteiger partial charge in [-0.15, -0.1) is 11.8 Å². The van der Waals surface area contributed by atoms with Crippen molar-refractivity contribution in [1.29, 1.82) is 0 Å². The Morgan fingerprint density at radius 3 is 2.56 bits per heavy atom. The van der Waals surface area contributed by atoms with Crippen LogP contribution in [0.3, 0.4) is 0 Å². The van der Waals surface area contributed by atoms with Crippen LogP contribution >= 0.6 is 11.8 Å². The lowest BCUT2D eigenvalue weighted by atomic mass is 9.91. The number of carbonyl (C=O) groups is 1. The van der Waals surface area contributed by atoms with E-state index in [2.05, 4.69) is 17.4 Å². The van der Waals surface area contributed by atoms with Gasteiger partial charge in [-0.25, -0.2) is 0 Å². The Bertz CT molecular complexity index is 363. The third-order valence-electron chi connectivity index (χ3n) is 3.25. The number of thioether (sulfide) groups is 1. The first-order valence-corrected chi connectivity index (χ1v) is 7.23. The second-order valence-electron chi connectivity index (χ2n) is 4.26. The molecule has 1 unspecified atom stereocenters. The highest BCUT2D eigenvalue weighted by atomic mass is 32.2. The highest BCUT2D eigenvalue weighted by molar-refractivity contribution is 7.99. The Labute approximate surface area is 113 Å². The van der Waals surface area contributed by atoms with Crippen molar-refractivity contribution < 1.29 is 9.90 Å². The lowest BCUT2D eigenvalue weighted by molar-refractivity contribution is -0.145. The van der Waals surface area contributed by atoms with E-state index in [9.17, 15) is 9.90 Å². The zero-order valence-electron chi connectivity index (χ0n) is 11.0. The predicted molar refractivity (Wildman–Crippen MR) is 76.1 cm³/mol. The molecule has 0 radical (unpaired) electrons. The van der Waals surface area contributed by atoms with Gasteiger partial charge in [0.15, 0.2) is 0 Å². The van der Waals surface area contributed by atoms with E-state index in [-0.39, 0.29) is 0 Å². The van der Waals surface area contributed by atoms with Crippen molar-refractivity contribution >= 4 is 17.7 Å². The van der Waals surface area contributed by atoms with E-state index < -0.39 is 11.5 Å². The Kier molecular flexibility index (Phi) is 6.22. The first kappa shape index (κ1) is 15.1. The maximum absolute atomic E-state index is 11.3. The fraction of sp³-hybridized carbons (Fsp3) is 0.500. The van der Waals surface area contributed by atoms with Gasteiger partial charge in [-0.05, 0) is 44.2 Å². The van der Waals surface area contributed by atoms with Gasteiger partial charge >= 0.3 is 5.97 Å². The van der Waals surface area contributed by atoms with Crippen molar-refractivity contribution in [2.75, 3.05) is 12.8 Å². The average Bonchev–Trinajstić information content (AvgIpc) is 2.40. The lowest BCUT2D eigenvalue weighted by Crippen LogP contribution is -2.49. The highest BCUT2D eigenvalue weighted by Gasteiger charge is 2.33. The van der Waals surface area contributed by atoms with Crippen molar-refractivity contribution in [3.8, 4) is 0 Å². The van der Waals surface area contributed by atoms with Crippen molar-refractivity contribution in [1.82, 2.24) is 5.32 Å². The first-order valence-electron chi connectivity index (χ1n) is 6.25. The number of hydrogen-bond acceptors (Lipinski definition) is 3. The molecule has 0 amide bonds. The van der Waals surface area contributed by atoms with Gasteiger partial charge in [-0.1, -0.05) is 25.1 Å².